The Morgan fingerprint density at radius 3 is 2.65 bits per heavy atom. The van der Waals surface area contributed by atoms with Crippen LogP contribution in [-0.2, 0) is 16.4 Å². The Labute approximate surface area is 131 Å². The predicted molar refractivity (Wildman–Crippen MR) is 84.6 cm³/mol. The number of benzene rings is 1. The number of nitrogens with zero attached hydrogens (tertiary/aromatic N) is 1. The summed E-state index contributed by atoms with van der Waals surface area (Å²) in [5, 5.41) is 5.19. The van der Waals surface area contributed by atoms with Crippen molar-refractivity contribution < 1.29 is 8.42 Å². The molecule has 2 fully saturated rings. The fourth-order valence-electron chi connectivity index (χ4n) is 2.32. The monoisotopic (exact) mass is 350 g/mol. The van der Waals surface area contributed by atoms with Gasteiger partial charge in [-0.2, -0.15) is 0 Å². The van der Waals surface area contributed by atoms with Crippen LogP contribution in [-0.4, -0.2) is 36.4 Å². The summed E-state index contributed by atoms with van der Waals surface area (Å²) in [4.78, 5) is 4.45. The SMILES string of the molecule is O=S1(=O)C[C@@H]2SC(=NCc3c(Cl)cccc3Cl)N[C@@H]2C1. The van der Waals surface area contributed by atoms with E-state index in [1.807, 2.05) is 0 Å². The normalized spacial score (nSPS) is 29.4. The van der Waals surface area contributed by atoms with E-state index in [0.29, 0.717) is 16.6 Å². The van der Waals surface area contributed by atoms with E-state index in [1.54, 1.807) is 18.2 Å². The van der Waals surface area contributed by atoms with E-state index in [9.17, 15) is 8.42 Å². The molecule has 0 radical (unpaired) electrons. The van der Waals surface area contributed by atoms with E-state index in [0.717, 1.165) is 10.7 Å². The Morgan fingerprint density at radius 2 is 2.00 bits per heavy atom. The van der Waals surface area contributed by atoms with E-state index in [-0.39, 0.29) is 22.8 Å². The highest BCUT2D eigenvalue weighted by atomic mass is 35.5. The fraction of sp³-hybridized carbons (Fsp3) is 0.417. The maximum absolute atomic E-state index is 11.5. The molecule has 4 nitrogen and oxygen atoms in total. The van der Waals surface area contributed by atoms with Gasteiger partial charge in [0, 0.05) is 20.9 Å². The molecular formula is C12H12Cl2N2O2S2. The Bertz CT molecular complexity index is 634. The van der Waals surface area contributed by atoms with Crippen LogP contribution in [0, 0.1) is 0 Å². The lowest BCUT2D eigenvalue weighted by molar-refractivity contribution is 0.600. The Balaban J connectivity index is 1.71. The molecular weight excluding hydrogens is 339 g/mol. The highest BCUT2D eigenvalue weighted by Gasteiger charge is 2.43. The van der Waals surface area contributed by atoms with Crippen LogP contribution in [0.4, 0.5) is 0 Å². The second-order valence-corrected chi connectivity index (χ2v) is 9.00. The van der Waals surface area contributed by atoms with Crippen LogP contribution in [0.2, 0.25) is 10.0 Å². The van der Waals surface area contributed by atoms with Crippen LogP contribution in [0.5, 0.6) is 0 Å². The number of nitrogens with one attached hydrogen (secondary N) is 1. The van der Waals surface area contributed by atoms with Gasteiger partial charge in [-0.25, -0.2) is 8.42 Å². The fourth-order valence-corrected chi connectivity index (χ4v) is 6.56. The standard InChI is InChI=1S/C12H12Cl2N2O2S2/c13-8-2-1-3-9(14)7(8)4-15-12-16-10-5-20(17,18)6-11(10)19-12/h1-3,10-11H,4-6H2,(H,15,16)/t10-,11+/m1/s1. The molecule has 8 heteroatoms. The quantitative estimate of drug-likeness (QED) is 0.889. The number of fused-ring (bicyclic) bond motifs is 1. The van der Waals surface area contributed by atoms with Crippen molar-refractivity contribution >= 4 is 50.0 Å². The highest BCUT2D eigenvalue weighted by Crippen LogP contribution is 2.32. The molecule has 0 aromatic heterocycles. The first-order chi connectivity index (χ1) is 9.44. The first kappa shape index (κ1) is 14.5. The second-order valence-electron chi connectivity index (χ2n) is 4.81. The minimum atomic E-state index is -2.89. The first-order valence-corrected chi connectivity index (χ1v) is 9.51. The van der Waals surface area contributed by atoms with Gasteiger partial charge < -0.3 is 5.32 Å². The number of sulfone groups is 1. The van der Waals surface area contributed by atoms with E-state index >= 15 is 0 Å². The third-order valence-electron chi connectivity index (χ3n) is 3.31. The van der Waals surface area contributed by atoms with Gasteiger partial charge in [0.25, 0.3) is 0 Å². The Hall–Kier alpha value is -0.430. The van der Waals surface area contributed by atoms with Crippen molar-refractivity contribution in [3.8, 4) is 0 Å². The minimum absolute atomic E-state index is 0.0227. The summed E-state index contributed by atoms with van der Waals surface area (Å²) >= 11 is 13.7. The van der Waals surface area contributed by atoms with Crippen molar-refractivity contribution in [2.75, 3.05) is 11.5 Å². The van der Waals surface area contributed by atoms with Gasteiger partial charge in [-0.1, -0.05) is 41.0 Å². The zero-order valence-corrected chi connectivity index (χ0v) is 13.5. The molecule has 0 aliphatic carbocycles. The molecule has 0 spiro atoms. The molecule has 20 heavy (non-hydrogen) atoms. The summed E-state index contributed by atoms with van der Waals surface area (Å²) in [7, 11) is -2.89. The van der Waals surface area contributed by atoms with Crippen LogP contribution >= 0.6 is 35.0 Å². The number of aliphatic imine (C=N–C) groups is 1. The van der Waals surface area contributed by atoms with Gasteiger partial charge >= 0.3 is 0 Å². The number of rotatable bonds is 2. The molecule has 2 atom stereocenters. The van der Waals surface area contributed by atoms with Gasteiger partial charge in [-0.3, -0.25) is 4.99 Å². The molecule has 2 aliphatic heterocycles. The average Bonchev–Trinajstić information content (AvgIpc) is 2.81. The summed E-state index contributed by atoms with van der Waals surface area (Å²) in [6.07, 6.45) is 0. The largest absolute Gasteiger partial charge is 0.360 e. The molecule has 2 aliphatic rings. The van der Waals surface area contributed by atoms with Gasteiger partial charge in [0.15, 0.2) is 15.0 Å². The molecule has 3 rings (SSSR count). The van der Waals surface area contributed by atoms with Crippen LogP contribution < -0.4 is 5.32 Å². The maximum atomic E-state index is 11.5. The van der Waals surface area contributed by atoms with Crippen molar-refractivity contribution in [1.29, 1.82) is 0 Å². The molecule has 2 saturated heterocycles. The molecule has 2 heterocycles. The predicted octanol–water partition coefficient (Wildman–Crippen LogP) is 2.35. The average molecular weight is 351 g/mol. The van der Waals surface area contributed by atoms with Crippen LogP contribution in [0.1, 0.15) is 5.56 Å². The minimum Gasteiger partial charge on any atom is -0.360 e. The summed E-state index contributed by atoms with van der Waals surface area (Å²) < 4.78 is 23.0. The van der Waals surface area contributed by atoms with E-state index < -0.39 is 9.84 Å². The molecule has 0 saturated carbocycles. The Kier molecular flexibility index (Phi) is 3.92. The lowest BCUT2D eigenvalue weighted by atomic mass is 10.2. The lowest BCUT2D eigenvalue weighted by Crippen LogP contribution is -2.31. The molecule has 0 bridgehead atoms. The number of halogens is 2. The van der Waals surface area contributed by atoms with Crippen molar-refractivity contribution in [2.24, 2.45) is 4.99 Å². The van der Waals surface area contributed by atoms with Crippen LogP contribution in [0.3, 0.4) is 0 Å². The van der Waals surface area contributed by atoms with Gasteiger partial charge in [-0.05, 0) is 12.1 Å². The third kappa shape index (κ3) is 2.93. The molecule has 108 valence electrons. The Morgan fingerprint density at radius 1 is 1.30 bits per heavy atom. The summed E-state index contributed by atoms with van der Waals surface area (Å²) in [6.45, 7) is 0.389. The molecule has 0 unspecified atom stereocenters. The molecule has 1 aromatic carbocycles. The summed E-state index contributed by atoms with van der Waals surface area (Å²) in [5.74, 6) is 0.414. The van der Waals surface area contributed by atoms with E-state index in [2.05, 4.69) is 10.3 Å². The highest BCUT2D eigenvalue weighted by molar-refractivity contribution is 8.15. The van der Waals surface area contributed by atoms with E-state index in [1.165, 1.54) is 11.8 Å². The van der Waals surface area contributed by atoms with Crippen LogP contribution in [0.15, 0.2) is 23.2 Å². The van der Waals surface area contributed by atoms with Crippen molar-refractivity contribution in [3.05, 3.63) is 33.8 Å². The summed E-state index contributed by atoms with van der Waals surface area (Å²) in [6, 6.07) is 5.32. The van der Waals surface area contributed by atoms with Gasteiger partial charge in [0.2, 0.25) is 0 Å². The lowest BCUT2D eigenvalue weighted by Gasteiger charge is -2.06. The molecule has 1 aromatic rings. The first-order valence-electron chi connectivity index (χ1n) is 6.05. The third-order valence-corrected chi connectivity index (χ3v) is 7.24. The van der Waals surface area contributed by atoms with Crippen LogP contribution in [0.25, 0.3) is 0 Å². The van der Waals surface area contributed by atoms with Gasteiger partial charge in [-0.15, -0.1) is 0 Å². The number of hydrogen-bond acceptors (Lipinski definition) is 4. The topological polar surface area (TPSA) is 58.5 Å². The number of thioether (sulfide) groups is 1. The van der Waals surface area contributed by atoms with Crippen molar-refractivity contribution in [2.45, 2.75) is 17.8 Å². The second kappa shape index (κ2) is 5.40. The maximum Gasteiger partial charge on any atom is 0.157 e. The smallest absolute Gasteiger partial charge is 0.157 e. The zero-order valence-electron chi connectivity index (χ0n) is 10.3. The summed E-state index contributed by atoms with van der Waals surface area (Å²) in [5.41, 5.74) is 0.787. The van der Waals surface area contributed by atoms with Gasteiger partial charge in [0.1, 0.15) is 0 Å². The number of amidine groups is 1. The van der Waals surface area contributed by atoms with Gasteiger partial charge in [0.05, 0.1) is 24.1 Å². The zero-order chi connectivity index (χ0) is 14.3. The van der Waals surface area contributed by atoms with E-state index in [4.69, 9.17) is 23.2 Å². The molecule has 0 amide bonds. The van der Waals surface area contributed by atoms with Crippen molar-refractivity contribution in [1.82, 2.24) is 5.32 Å². The molecule has 1 N–H and O–H groups in total. The van der Waals surface area contributed by atoms with Crippen molar-refractivity contribution in [3.63, 3.8) is 0 Å². The number of hydrogen-bond donors (Lipinski definition) is 1.